The van der Waals surface area contributed by atoms with Crippen LogP contribution in [0.25, 0.3) is 33.1 Å². The summed E-state index contributed by atoms with van der Waals surface area (Å²) in [6, 6.07) is 20.8. The summed E-state index contributed by atoms with van der Waals surface area (Å²) in [5, 5.41) is 1.42. The first-order valence-electron chi connectivity index (χ1n) is 9.69. The summed E-state index contributed by atoms with van der Waals surface area (Å²) in [6.45, 7) is 2.73. The van der Waals surface area contributed by atoms with E-state index < -0.39 is 5.97 Å². The lowest BCUT2D eigenvalue weighted by Gasteiger charge is -2.10. The normalized spacial score (nSPS) is 11.4. The zero-order chi connectivity index (χ0) is 20.7. The molecule has 148 valence electrons. The van der Waals surface area contributed by atoms with Crippen molar-refractivity contribution >= 4 is 50.7 Å². The molecule has 2 aromatic heterocycles. The van der Waals surface area contributed by atoms with Gasteiger partial charge in [0.2, 0.25) is 0 Å². The van der Waals surface area contributed by atoms with Crippen molar-refractivity contribution in [3.63, 3.8) is 0 Å². The number of halogens is 1. The Balaban J connectivity index is 1.55. The number of para-hydroxylation sites is 3. The van der Waals surface area contributed by atoms with Crippen LogP contribution >= 0.6 is 11.6 Å². The smallest absolute Gasteiger partial charge is 0.339 e. The van der Waals surface area contributed by atoms with Crippen molar-refractivity contribution in [1.82, 2.24) is 14.5 Å². The van der Waals surface area contributed by atoms with Crippen molar-refractivity contribution in [3.05, 3.63) is 82.9 Å². The van der Waals surface area contributed by atoms with Crippen LogP contribution in [-0.4, -0.2) is 27.1 Å². The van der Waals surface area contributed by atoms with Crippen LogP contribution < -0.4 is 0 Å². The Labute approximate surface area is 177 Å². The number of hydrogen-bond donors (Lipinski definition) is 0. The van der Waals surface area contributed by atoms with E-state index in [2.05, 4.69) is 23.6 Å². The maximum Gasteiger partial charge on any atom is 0.339 e. The summed E-state index contributed by atoms with van der Waals surface area (Å²) in [6.07, 6.45) is 0. The molecule has 0 N–H and O–H groups in total. The quantitative estimate of drug-likeness (QED) is 0.361. The summed E-state index contributed by atoms with van der Waals surface area (Å²) in [4.78, 5) is 22.1. The van der Waals surface area contributed by atoms with Gasteiger partial charge in [-0.2, -0.15) is 0 Å². The lowest BCUT2D eigenvalue weighted by molar-refractivity contribution is 0.0493. The van der Waals surface area contributed by atoms with Gasteiger partial charge in [-0.1, -0.05) is 54.1 Å². The van der Waals surface area contributed by atoms with Gasteiger partial charge >= 0.3 is 5.97 Å². The highest BCUT2D eigenvalue weighted by Crippen LogP contribution is 2.30. The molecule has 0 fully saturated rings. The highest BCUT2D eigenvalue weighted by molar-refractivity contribution is 6.33. The Hall–Kier alpha value is -3.44. The first-order chi connectivity index (χ1) is 14.6. The monoisotopic (exact) mass is 415 g/mol. The molecular formula is C24H18ClN3O2. The van der Waals surface area contributed by atoms with Crippen LogP contribution in [0.2, 0.25) is 5.02 Å². The molecule has 30 heavy (non-hydrogen) atoms. The largest absolute Gasteiger partial charge is 0.460 e. The molecule has 5 nitrogen and oxygen atoms in total. The fourth-order valence-electron chi connectivity index (χ4n) is 3.83. The first kappa shape index (κ1) is 18.6. The van der Waals surface area contributed by atoms with E-state index in [0.717, 1.165) is 38.7 Å². The van der Waals surface area contributed by atoms with E-state index in [-0.39, 0.29) is 6.61 Å². The van der Waals surface area contributed by atoms with E-state index in [1.807, 2.05) is 30.3 Å². The third-order valence-corrected chi connectivity index (χ3v) is 5.54. The minimum atomic E-state index is -0.436. The van der Waals surface area contributed by atoms with Gasteiger partial charge in [-0.3, -0.25) is 0 Å². The number of carbonyl (C=O) groups excluding carboxylic acids is 1. The van der Waals surface area contributed by atoms with E-state index >= 15 is 0 Å². The van der Waals surface area contributed by atoms with E-state index in [9.17, 15) is 4.79 Å². The van der Waals surface area contributed by atoms with Gasteiger partial charge in [-0.15, -0.1) is 0 Å². The summed E-state index contributed by atoms with van der Waals surface area (Å²) in [7, 11) is 0. The number of aromatic nitrogens is 3. The number of hydrogen-bond acceptors (Lipinski definition) is 4. The Kier molecular flexibility index (Phi) is 4.60. The van der Waals surface area contributed by atoms with E-state index in [1.165, 1.54) is 0 Å². The van der Waals surface area contributed by atoms with Crippen LogP contribution in [0, 0.1) is 6.92 Å². The molecule has 0 spiro atoms. The van der Waals surface area contributed by atoms with E-state index in [1.54, 1.807) is 24.3 Å². The molecule has 0 atom stereocenters. The lowest BCUT2D eigenvalue weighted by Crippen LogP contribution is -2.12. The van der Waals surface area contributed by atoms with Gasteiger partial charge in [-0.05, 0) is 36.8 Å². The third kappa shape index (κ3) is 3.08. The number of esters is 1. The molecular weight excluding hydrogens is 398 g/mol. The maximum atomic E-state index is 12.4. The molecule has 0 saturated heterocycles. The molecule has 0 unspecified atom stereocenters. The zero-order valence-corrected chi connectivity index (χ0v) is 17.1. The van der Waals surface area contributed by atoms with E-state index in [4.69, 9.17) is 26.3 Å². The summed E-state index contributed by atoms with van der Waals surface area (Å²) in [5.41, 5.74) is 5.86. The summed E-state index contributed by atoms with van der Waals surface area (Å²) < 4.78 is 7.60. The molecule has 0 bridgehead atoms. The van der Waals surface area contributed by atoms with Crippen LogP contribution in [0.5, 0.6) is 0 Å². The van der Waals surface area contributed by atoms with Gasteiger partial charge in [0.25, 0.3) is 0 Å². The lowest BCUT2D eigenvalue weighted by atomic mass is 10.1. The summed E-state index contributed by atoms with van der Waals surface area (Å²) >= 11 is 6.11. The molecule has 5 rings (SSSR count). The van der Waals surface area contributed by atoms with Crippen molar-refractivity contribution in [2.24, 2.45) is 0 Å². The minimum absolute atomic E-state index is 0.200. The second-order valence-electron chi connectivity index (χ2n) is 7.12. The van der Waals surface area contributed by atoms with Gasteiger partial charge in [0.15, 0.2) is 5.65 Å². The number of aryl methyl sites for hydroxylation is 1. The van der Waals surface area contributed by atoms with Crippen LogP contribution in [0.3, 0.4) is 0 Å². The maximum absolute atomic E-state index is 12.4. The number of nitrogens with zero attached hydrogens (tertiary/aromatic N) is 3. The minimum Gasteiger partial charge on any atom is -0.460 e. The van der Waals surface area contributed by atoms with E-state index in [0.29, 0.717) is 17.1 Å². The topological polar surface area (TPSA) is 57.0 Å². The Morgan fingerprint density at radius 3 is 2.50 bits per heavy atom. The average Bonchev–Trinajstić information content (AvgIpc) is 3.06. The fourth-order valence-corrected chi connectivity index (χ4v) is 4.04. The molecule has 0 amide bonds. The highest BCUT2D eigenvalue weighted by Gasteiger charge is 2.17. The predicted octanol–water partition coefficient (Wildman–Crippen LogP) is 5.56. The van der Waals surface area contributed by atoms with Crippen LogP contribution in [-0.2, 0) is 11.3 Å². The highest BCUT2D eigenvalue weighted by atomic mass is 35.5. The SMILES string of the molecule is Cc1cccc2c3nc4ccccc4nc3n(CCOC(=O)c3ccccc3Cl)c12. The van der Waals surface area contributed by atoms with Crippen molar-refractivity contribution in [2.75, 3.05) is 6.61 Å². The second kappa shape index (κ2) is 7.43. The molecule has 0 saturated carbocycles. The number of ether oxygens (including phenoxy) is 1. The van der Waals surface area contributed by atoms with Crippen LogP contribution in [0.1, 0.15) is 15.9 Å². The molecule has 5 aromatic rings. The standard InChI is InChI=1S/C24H18ClN3O2/c1-15-7-6-9-17-21-23(27-20-12-5-4-11-19(20)26-21)28(22(15)17)13-14-30-24(29)16-8-2-3-10-18(16)25/h2-12H,13-14H2,1H3. The molecule has 6 heteroatoms. The zero-order valence-electron chi connectivity index (χ0n) is 16.3. The van der Waals surface area contributed by atoms with Crippen molar-refractivity contribution < 1.29 is 9.53 Å². The fraction of sp³-hybridized carbons (Fsp3) is 0.125. The van der Waals surface area contributed by atoms with Gasteiger partial charge < -0.3 is 9.30 Å². The summed E-state index contributed by atoms with van der Waals surface area (Å²) in [5.74, 6) is -0.436. The number of rotatable bonds is 4. The number of carbonyl (C=O) groups is 1. The molecule has 0 aliphatic rings. The Morgan fingerprint density at radius 1 is 0.967 bits per heavy atom. The van der Waals surface area contributed by atoms with Crippen molar-refractivity contribution in [3.8, 4) is 0 Å². The molecule has 0 aliphatic carbocycles. The number of fused-ring (bicyclic) bond motifs is 4. The molecule has 3 aromatic carbocycles. The van der Waals surface area contributed by atoms with Crippen molar-refractivity contribution in [1.29, 1.82) is 0 Å². The first-order valence-corrected chi connectivity index (χ1v) is 10.1. The molecule has 0 radical (unpaired) electrons. The average molecular weight is 416 g/mol. The third-order valence-electron chi connectivity index (χ3n) is 5.21. The van der Waals surface area contributed by atoms with Crippen LogP contribution in [0.4, 0.5) is 0 Å². The predicted molar refractivity (Wildman–Crippen MR) is 119 cm³/mol. The second-order valence-corrected chi connectivity index (χ2v) is 7.53. The Bertz CT molecular complexity index is 1420. The molecule has 2 heterocycles. The van der Waals surface area contributed by atoms with Gasteiger partial charge in [0, 0.05) is 5.39 Å². The van der Waals surface area contributed by atoms with Gasteiger partial charge in [0.1, 0.15) is 12.1 Å². The van der Waals surface area contributed by atoms with Crippen LogP contribution in [0.15, 0.2) is 66.7 Å². The number of benzene rings is 3. The van der Waals surface area contributed by atoms with Crippen molar-refractivity contribution in [2.45, 2.75) is 13.5 Å². The Morgan fingerprint density at radius 2 is 1.70 bits per heavy atom. The van der Waals surface area contributed by atoms with Gasteiger partial charge in [-0.25, -0.2) is 14.8 Å². The van der Waals surface area contributed by atoms with Gasteiger partial charge in [0.05, 0.1) is 33.7 Å². The molecule has 0 aliphatic heterocycles.